The van der Waals surface area contributed by atoms with Gasteiger partial charge in [-0.25, -0.2) is 4.79 Å². The Balaban J connectivity index is 1.55. The summed E-state index contributed by atoms with van der Waals surface area (Å²) < 4.78 is 0. The summed E-state index contributed by atoms with van der Waals surface area (Å²) in [5, 5.41) is 0. The van der Waals surface area contributed by atoms with Crippen LogP contribution in [0.3, 0.4) is 0 Å². The van der Waals surface area contributed by atoms with Gasteiger partial charge in [-0.15, -0.1) is 0 Å². The molecule has 1 aliphatic heterocycles. The van der Waals surface area contributed by atoms with Crippen LogP contribution in [0.15, 0.2) is 0 Å². The predicted molar refractivity (Wildman–Crippen MR) is 76.9 cm³/mol. The smallest absolute Gasteiger partial charge is 0.319 e. The minimum absolute atomic E-state index is 0.273. The van der Waals surface area contributed by atoms with Crippen LogP contribution in [0.2, 0.25) is 0 Å². The Bertz CT molecular complexity index is 336. The number of carbonyl (C=O) groups is 1. The molecule has 108 valence electrons. The molecule has 0 N–H and O–H groups in total. The summed E-state index contributed by atoms with van der Waals surface area (Å²) in [6.45, 7) is 5.33. The Morgan fingerprint density at radius 3 is 2.47 bits per heavy atom. The van der Waals surface area contributed by atoms with Gasteiger partial charge >= 0.3 is 6.03 Å². The summed E-state index contributed by atoms with van der Waals surface area (Å²) in [6.07, 6.45) is 7.93. The highest BCUT2D eigenvalue weighted by Crippen LogP contribution is 2.52. The van der Waals surface area contributed by atoms with E-state index in [9.17, 15) is 4.79 Å². The van der Waals surface area contributed by atoms with Gasteiger partial charge in [0.25, 0.3) is 0 Å². The summed E-state index contributed by atoms with van der Waals surface area (Å²) in [5.74, 6) is 3.44. The second-order valence-electron chi connectivity index (χ2n) is 7.07. The van der Waals surface area contributed by atoms with E-state index < -0.39 is 0 Å². The highest BCUT2D eigenvalue weighted by molar-refractivity contribution is 5.74. The van der Waals surface area contributed by atoms with Crippen LogP contribution < -0.4 is 0 Å². The predicted octanol–water partition coefficient (Wildman–Crippen LogP) is 3.21. The molecule has 0 aromatic carbocycles. The third kappa shape index (κ3) is 2.48. The second kappa shape index (κ2) is 5.34. The maximum absolute atomic E-state index is 12.5. The van der Waals surface area contributed by atoms with E-state index in [2.05, 4.69) is 11.8 Å². The highest BCUT2D eigenvalue weighted by atomic mass is 16.2. The molecule has 0 aromatic rings. The second-order valence-corrected chi connectivity index (χ2v) is 7.07. The molecule has 2 amide bonds. The third-order valence-corrected chi connectivity index (χ3v) is 5.98. The van der Waals surface area contributed by atoms with Crippen molar-refractivity contribution in [1.82, 2.24) is 9.80 Å². The largest absolute Gasteiger partial charge is 0.327 e. The van der Waals surface area contributed by atoms with Crippen LogP contribution >= 0.6 is 0 Å². The number of likely N-dealkylation sites (tertiary alicyclic amines) is 1. The van der Waals surface area contributed by atoms with E-state index in [4.69, 9.17) is 0 Å². The molecule has 19 heavy (non-hydrogen) atoms. The van der Waals surface area contributed by atoms with E-state index in [1.807, 2.05) is 11.9 Å². The molecule has 3 nitrogen and oxygen atoms in total. The normalized spacial score (nSPS) is 37.7. The average molecular weight is 264 g/mol. The minimum atomic E-state index is 0.273. The lowest BCUT2D eigenvalue weighted by atomic mass is 9.80. The van der Waals surface area contributed by atoms with E-state index in [1.165, 1.54) is 38.5 Å². The molecule has 1 saturated heterocycles. The molecular weight excluding hydrogens is 236 g/mol. The van der Waals surface area contributed by atoms with Crippen molar-refractivity contribution in [2.24, 2.45) is 23.7 Å². The van der Waals surface area contributed by atoms with Gasteiger partial charge in [0.2, 0.25) is 0 Å². The van der Waals surface area contributed by atoms with E-state index in [0.717, 1.165) is 43.3 Å². The van der Waals surface area contributed by atoms with Gasteiger partial charge in [0.15, 0.2) is 0 Å². The van der Waals surface area contributed by atoms with Crippen molar-refractivity contribution in [3.8, 4) is 0 Å². The lowest BCUT2D eigenvalue weighted by Gasteiger charge is -2.35. The lowest BCUT2D eigenvalue weighted by Crippen LogP contribution is -2.46. The fourth-order valence-electron chi connectivity index (χ4n) is 4.73. The standard InChI is InChI=1S/C16H28N2O/c1-12-13-6-7-14(10-13)15(12)11-17(2)16(19)18-8-4-3-5-9-18/h12-15H,3-11H2,1-2H3. The Hall–Kier alpha value is -0.730. The SMILES string of the molecule is CC1C2CCC(C2)C1CN(C)C(=O)N1CCCCC1. The van der Waals surface area contributed by atoms with Gasteiger partial charge in [-0.3, -0.25) is 0 Å². The Labute approximate surface area is 117 Å². The number of hydrogen-bond donors (Lipinski definition) is 0. The molecule has 3 heteroatoms. The molecule has 0 radical (unpaired) electrons. The van der Waals surface area contributed by atoms with Gasteiger partial charge in [-0.2, -0.15) is 0 Å². The molecule has 3 aliphatic rings. The Kier molecular flexibility index (Phi) is 3.72. The number of amides is 2. The van der Waals surface area contributed by atoms with Crippen molar-refractivity contribution in [2.75, 3.05) is 26.7 Å². The fraction of sp³-hybridized carbons (Fsp3) is 0.938. The summed E-state index contributed by atoms with van der Waals surface area (Å²) in [5.41, 5.74) is 0. The van der Waals surface area contributed by atoms with Gasteiger partial charge < -0.3 is 9.80 Å². The first-order valence-electron chi connectivity index (χ1n) is 8.17. The zero-order valence-corrected chi connectivity index (χ0v) is 12.5. The molecule has 2 aliphatic carbocycles. The summed E-state index contributed by atoms with van der Waals surface area (Å²) in [7, 11) is 2.01. The van der Waals surface area contributed by atoms with Crippen LogP contribution in [0.5, 0.6) is 0 Å². The van der Waals surface area contributed by atoms with E-state index in [-0.39, 0.29) is 6.03 Å². The van der Waals surface area contributed by atoms with Gasteiger partial charge in [0, 0.05) is 26.7 Å². The highest BCUT2D eigenvalue weighted by Gasteiger charge is 2.45. The van der Waals surface area contributed by atoms with Crippen LogP contribution in [0.25, 0.3) is 0 Å². The van der Waals surface area contributed by atoms with Crippen molar-refractivity contribution in [3.05, 3.63) is 0 Å². The first kappa shape index (κ1) is 13.3. The van der Waals surface area contributed by atoms with Crippen molar-refractivity contribution in [2.45, 2.75) is 45.4 Å². The van der Waals surface area contributed by atoms with Crippen LogP contribution in [0, 0.1) is 23.7 Å². The van der Waals surface area contributed by atoms with Crippen LogP contribution in [-0.2, 0) is 0 Å². The van der Waals surface area contributed by atoms with Crippen LogP contribution in [0.1, 0.15) is 45.4 Å². The number of piperidine rings is 1. The molecule has 2 saturated carbocycles. The zero-order chi connectivity index (χ0) is 13.4. The van der Waals surface area contributed by atoms with Crippen molar-refractivity contribution < 1.29 is 4.79 Å². The summed E-state index contributed by atoms with van der Waals surface area (Å²) in [4.78, 5) is 16.5. The summed E-state index contributed by atoms with van der Waals surface area (Å²) >= 11 is 0. The molecule has 3 fully saturated rings. The maximum Gasteiger partial charge on any atom is 0.319 e. The quantitative estimate of drug-likeness (QED) is 0.751. The molecule has 0 aromatic heterocycles. The van der Waals surface area contributed by atoms with Gasteiger partial charge in [-0.1, -0.05) is 6.92 Å². The van der Waals surface area contributed by atoms with Crippen molar-refractivity contribution in [3.63, 3.8) is 0 Å². The van der Waals surface area contributed by atoms with E-state index in [1.54, 1.807) is 0 Å². The van der Waals surface area contributed by atoms with Gasteiger partial charge in [0.05, 0.1) is 0 Å². The molecular formula is C16H28N2O. The number of hydrogen-bond acceptors (Lipinski definition) is 1. The number of urea groups is 1. The molecule has 4 atom stereocenters. The number of rotatable bonds is 2. The topological polar surface area (TPSA) is 23.6 Å². The number of carbonyl (C=O) groups excluding carboxylic acids is 1. The van der Waals surface area contributed by atoms with Crippen LogP contribution in [-0.4, -0.2) is 42.5 Å². The van der Waals surface area contributed by atoms with Gasteiger partial charge in [0.1, 0.15) is 0 Å². The monoisotopic (exact) mass is 264 g/mol. The third-order valence-electron chi connectivity index (χ3n) is 5.98. The first-order chi connectivity index (χ1) is 9.16. The first-order valence-corrected chi connectivity index (χ1v) is 8.17. The van der Waals surface area contributed by atoms with E-state index in [0.29, 0.717) is 0 Å². The average Bonchev–Trinajstić information content (AvgIpc) is 3.02. The molecule has 2 bridgehead atoms. The minimum Gasteiger partial charge on any atom is -0.327 e. The zero-order valence-electron chi connectivity index (χ0n) is 12.5. The Morgan fingerprint density at radius 2 is 1.84 bits per heavy atom. The number of fused-ring (bicyclic) bond motifs is 2. The van der Waals surface area contributed by atoms with Gasteiger partial charge in [-0.05, 0) is 62.2 Å². The lowest BCUT2D eigenvalue weighted by molar-refractivity contribution is 0.129. The molecule has 0 spiro atoms. The number of nitrogens with zero attached hydrogens (tertiary/aromatic N) is 2. The molecule has 1 heterocycles. The summed E-state index contributed by atoms with van der Waals surface area (Å²) in [6, 6.07) is 0.273. The van der Waals surface area contributed by atoms with E-state index >= 15 is 0 Å². The van der Waals surface area contributed by atoms with Crippen molar-refractivity contribution >= 4 is 6.03 Å². The fourth-order valence-corrected chi connectivity index (χ4v) is 4.73. The maximum atomic E-state index is 12.5. The molecule has 3 rings (SSSR count). The molecule has 4 unspecified atom stereocenters. The Morgan fingerprint density at radius 1 is 1.16 bits per heavy atom. The van der Waals surface area contributed by atoms with Crippen molar-refractivity contribution in [1.29, 1.82) is 0 Å². The van der Waals surface area contributed by atoms with Crippen LogP contribution in [0.4, 0.5) is 4.79 Å².